The lowest BCUT2D eigenvalue weighted by Gasteiger charge is -2.46. The molecule has 4 aromatic heterocycles. The zero-order chi connectivity index (χ0) is 107. The standard InChI is InChI=1S/C115H95BN8/c1-112(2,3)77-54-60-100-91(62-77)92-63-78(113(4,5)6)55-61-101(92)122(100)83-70-104-106-105(71-83)124(108-90(74-40-22-15-23-41-74)66-80(115(10,11)12)67-93(108)111-118-109(75-42-24-16-25-43-75)117-110(119-111)76-44-26-17-27-45-76)103-69-82(121-98-52-34-30-48-86(98)87-49-31-35-53-99(87)121)57-59-95(103)116(106)94-58-56-81(120-96-50-32-28-46-84(96)85-47-29-33-51-97(85)120)68-102(94)123(104)107-88(72-36-18-13-19-37-72)64-79(114(7,8)9)65-89(107)73-38-20-14-21-39-73/h13-71H,1-12H3/i16D,17D,24D,25D,26D,27D,28D,29D,30D,31D,32D,33D,34D,35D,42D,43D,44D,45D,46D,47D,48D,49D,50D,51D,52D,53D. The Labute approximate surface area is 762 Å². The average Bonchev–Trinajstić information content (AvgIpc) is 1.01. The van der Waals surface area contributed by atoms with Gasteiger partial charge in [0.15, 0.2) is 17.5 Å². The SMILES string of the molecule is [2H]c1c([2H])c([2H])c(-c2nc(-c3cc(C(C)(C)C)cc(-c4ccccc4)c3N3c4cc(-n5c6c([2H])c([2H])c([2H])c([2H])c6c6c([2H])c([2H])c([2H])c([2H])c65)ccc4B4c5ccc(-n6c7c([2H])c([2H])c([2H])c([2H])c7c7c([2H])c([2H])c([2H])c([2H])c76)cc5N(c5c(-c6ccccc6)cc(C(C)(C)C)cc5-c5ccccc5)c5cc(-n6c7ccc(C(C)(C)C)cc7c7cc(C(C)(C)C)ccc76)cc3c54)nc(-c3c([2H])c([2H])c([2H])c([2H])c3[2H])n2)c([2H])c1[2H]. The van der Waals surface area contributed by atoms with Crippen LogP contribution < -0.4 is 26.2 Å². The highest BCUT2D eigenvalue weighted by Crippen LogP contribution is 2.56. The van der Waals surface area contributed by atoms with Gasteiger partial charge >= 0.3 is 0 Å². The van der Waals surface area contributed by atoms with Gasteiger partial charge in [-0.3, -0.25) is 0 Å². The topological polar surface area (TPSA) is 59.9 Å². The Morgan fingerprint density at radius 1 is 0.250 bits per heavy atom. The largest absolute Gasteiger partial charge is 0.310 e. The summed E-state index contributed by atoms with van der Waals surface area (Å²) in [5.74, 6) is -1.52. The molecule has 0 spiro atoms. The summed E-state index contributed by atoms with van der Waals surface area (Å²) in [6.07, 6.45) is 0. The first-order valence-corrected chi connectivity index (χ1v) is 41.5. The highest BCUT2D eigenvalue weighted by molar-refractivity contribution is 7.00. The molecule has 0 unspecified atom stereocenters. The van der Waals surface area contributed by atoms with E-state index in [9.17, 15) is 32.9 Å². The van der Waals surface area contributed by atoms with E-state index in [0.717, 1.165) is 49.6 Å². The van der Waals surface area contributed by atoms with Crippen molar-refractivity contribution >= 4 is 123 Å². The Kier molecular flexibility index (Phi) is 12.2. The fourth-order valence-corrected chi connectivity index (χ4v) is 18.2. The third-order valence-corrected chi connectivity index (χ3v) is 24.3. The molecule has 6 heterocycles. The van der Waals surface area contributed by atoms with Crippen molar-refractivity contribution in [3.05, 3.63) is 380 Å². The molecule has 16 aromatic carbocycles. The number of anilines is 6. The maximum absolute atomic E-state index is 10.2. The van der Waals surface area contributed by atoms with Crippen LogP contribution >= 0.6 is 0 Å². The van der Waals surface area contributed by atoms with Crippen molar-refractivity contribution in [3.8, 4) is 84.6 Å². The molecule has 598 valence electrons. The smallest absolute Gasteiger partial charge is 0.252 e. The number of para-hydroxylation sites is 4. The summed E-state index contributed by atoms with van der Waals surface area (Å²) in [6, 6.07) is 47.7. The van der Waals surface area contributed by atoms with Gasteiger partial charge in [0.2, 0.25) is 0 Å². The van der Waals surface area contributed by atoms with Gasteiger partial charge < -0.3 is 23.5 Å². The summed E-state index contributed by atoms with van der Waals surface area (Å²) in [5, 5.41) is 0.935. The number of benzene rings is 16. The molecule has 0 radical (unpaired) electrons. The summed E-state index contributed by atoms with van der Waals surface area (Å²) in [6.45, 7) is 24.2. The Morgan fingerprint density at radius 3 is 0.927 bits per heavy atom. The minimum absolute atomic E-state index is 0.0639. The summed E-state index contributed by atoms with van der Waals surface area (Å²) in [5.41, 5.74) is 9.15. The molecule has 2 aliphatic rings. The van der Waals surface area contributed by atoms with Gasteiger partial charge in [-0.05, 0) is 186 Å². The quantitative estimate of drug-likeness (QED) is 0.121. The molecule has 8 nitrogen and oxygen atoms in total. The predicted molar refractivity (Wildman–Crippen MR) is 524 cm³/mol. The van der Waals surface area contributed by atoms with Gasteiger partial charge in [0, 0.05) is 99.8 Å². The molecule has 0 saturated carbocycles. The third-order valence-electron chi connectivity index (χ3n) is 24.3. The zero-order valence-corrected chi connectivity index (χ0v) is 70.2. The Morgan fingerprint density at radius 2 is 0.565 bits per heavy atom. The fraction of sp³-hybridized carbons (Fsp3) is 0.139. The lowest BCUT2D eigenvalue weighted by Crippen LogP contribution is -2.61. The number of hydrogen-bond acceptors (Lipinski definition) is 5. The molecule has 20 aromatic rings. The molecule has 0 saturated heterocycles. The number of fused-ring (bicyclic) bond motifs is 13. The van der Waals surface area contributed by atoms with E-state index < -0.39 is 208 Å². The summed E-state index contributed by atoms with van der Waals surface area (Å²) in [7, 11) is 0. The van der Waals surface area contributed by atoms with Gasteiger partial charge in [-0.2, -0.15) is 0 Å². The van der Waals surface area contributed by atoms with Crippen LogP contribution in [0.4, 0.5) is 34.1 Å². The average molecular weight is 1630 g/mol. The van der Waals surface area contributed by atoms with E-state index in [1.807, 2.05) is 147 Å². The number of aromatic nitrogens is 6. The van der Waals surface area contributed by atoms with Crippen LogP contribution in [0.1, 0.15) is 141 Å². The zero-order valence-electron chi connectivity index (χ0n) is 96.2. The van der Waals surface area contributed by atoms with E-state index in [-0.39, 0.29) is 77.7 Å². The first-order valence-electron chi connectivity index (χ1n) is 54.5. The molecular weight excluding hydrogens is 1500 g/mol. The lowest BCUT2D eigenvalue weighted by atomic mass is 9.33. The van der Waals surface area contributed by atoms with Gasteiger partial charge in [-0.1, -0.05) is 331 Å². The predicted octanol–water partition coefficient (Wildman–Crippen LogP) is 28.4. The van der Waals surface area contributed by atoms with E-state index in [2.05, 4.69) is 132 Å². The van der Waals surface area contributed by atoms with Crippen molar-refractivity contribution in [2.45, 2.75) is 105 Å². The van der Waals surface area contributed by atoms with E-state index >= 15 is 0 Å². The van der Waals surface area contributed by atoms with E-state index in [1.165, 1.54) is 9.13 Å². The Hall–Kier alpha value is -14.4. The highest BCUT2D eigenvalue weighted by atomic mass is 15.2. The molecule has 0 bridgehead atoms. The molecule has 0 aliphatic carbocycles. The van der Waals surface area contributed by atoms with Crippen LogP contribution in [0.2, 0.25) is 0 Å². The van der Waals surface area contributed by atoms with Gasteiger partial charge in [0.25, 0.3) is 6.71 Å². The van der Waals surface area contributed by atoms with Crippen LogP contribution in [0.25, 0.3) is 150 Å². The minimum Gasteiger partial charge on any atom is -0.310 e. The molecule has 124 heavy (non-hydrogen) atoms. The minimum atomic E-state index is -1.12. The van der Waals surface area contributed by atoms with Crippen LogP contribution in [0.5, 0.6) is 0 Å². The summed E-state index contributed by atoms with van der Waals surface area (Å²) < 4.78 is 255. The van der Waals surface area contributed by atoms with Gasteiger partial charge in [-0.25, -0.2) is 15.0 Å². The van der Waals surface area contributed by atoms with Crippen molar-refractivity contribution in [2.24, 2.45) is 0 Å². The van der Waals surface area contributed by atoms with E-state index in [4.69, 9.17) is 17.7 Å². The first-order chi connectivity index (χ1) is 70.8. The lowest BCUT2D eigenvalue weighted by molar-refractivity contribution is 0.590. The normalized spacial score (nSPS) is 15.9. The molecule has 0 atom stereocenters. The van der Waals surface area contributed by atoms with Crippen molar-refractivity contribution in [2.75, 3.05) is 9.80 Å². The van der Waals surface area contributed by atoms with Crippen molar-refractivity contribution < 1.29 is 35.6 Å². The first kappa shape index (κ1) is 52.7. The van der Waals surface area contributed by atoms with Crippen LogP contribution in [-0.2, 0) is 21.7 Å². The molecule has 0 fully saturated rings. The van der Waals surface area contributed by atoms with Gasteiger partial charge in [0.1, 0.15) is 0 Å². The molecular formula is C115H95BN8. The van der Waals surface area contributed by atoms with E-state index in [1.54, 1.807) is 18.2 Å². The summed E-state index contributed by atoms with van der Waals surface area (Å²) in [4.78, 5) is 19.9. The van der Waals surface area contributed by atoms with Crippen molar-refractivity contribution in [1.82, 2.24) is 28.7 Å². The second-order valence-electron chi connectivity index (χ2n) is 36.1. The second kappa shape index (κ2) is 28.6. The second-order valence-corrected chi connectivity index (χ2v) is 36.1. The molecule has 0 N–H and O–H groups in total. The van der Waals surface area contributed by atoms with Crippen molar-refractivity contribution in [1.29, 1.82) is 0 Å². The molecule has 2 aliphatic heterocycles. The fourth-order valence-electron chi connectivity index (χ4n) is 18.2. The van der Waals surface area contributed by atoms with Gasteiger partial charge in [0.05, 0.1) is 85.8 Å². The summed E-state index contributed by atoms with van der Waals surface area (Å²) >= 11 is 0. The van der Waals surface area contributed by atoms with Crippen LogP contribution in [0.15, 0.2) is 357 Å². The van der Waals surface area contributed by atoms with Crippen LogP contribution in [-0.4, -0.2) is 35.4 Å². The maximum Gasteiger partial charge on any atom is 0.252 e. The highest BCUT2D eigenvalue weighted by Gasteiger charge is 2.47. The maximum atomic E-state index is 10.2. The van der Waals surface area contributed by atoms with Crippen LogP contribution in [0, 0.1) is 0 Å². The van der Waals surface area contributed by atoms with Crippen molar-refractivity contribution in [3.63, 3.8) is 0 Å². The number of rotatable bonds is 11. The van der Waals surface area contributed by atoms with E-state index in [0.29, 0.717) is 72.6 Å². The van der Waals surface area contributed by atoms with Gasteiger partial charge in [-0.15, -0.1) is 0 Å². The monoisotopic (exact) mass is 1620 g/mol. The molecule has 0 amide bonds. The molecule has 22 rings (SSSR count). The molecule has 9 heteroatoms. The third kappa shape index (κ3) is 12.4. The Bertz CT molecular complexity index is 8970. The van der Waals surface area contributed by atoms with Crippen LogP contribution in [0.3, 0.4) is 0 Å². The number of nitrogens with zero attached hydrogens (tertiary/aromatic N) is 8. The Balaban J connectivity index is 1.02. The number of hydrogen-bond donors (Lipinski definition) is 0.